The third-order valence-corrected chi connectivity index (χ3v) is 0.592. The molecule has 0 heterocycles. The summed E-state index contributed by atoms with van der Waals surface area (Å²) in [4.78, 5) is 0. The number of aliphatic hydroxyl groups excluding tert-OH is 2. The summed E-state index contributed by atoms with van der Waals surface area (Å²) in [6.45, 7) is -0.342. The molecule has 0 saturated carbocycles. The zero-order valence-corrected chi connectivity index (χ0v) is 4.43. The van der Waals surface area contributed by atoms with Crippen LogP contribution in [0, 0.1) is 0 Å². The van der Waals surface area contributed by atoms with Crippen LogP contribution in [0.1, 0.15) is 0 Å². The van der Waals surface area contributed by atoms with Crippen LogP contribution in [-0.4, -0.2) is 29.5 Å². The molecule has 7 heavy (non-hydrogen) atoms. The molecule has 4 heteroatoms. The number of rotatable bonds is 3. The first kappa shape index (κ1) is 7.17. The molecule has 0 spiro atoms. The number of aliphatic hydroxyl groups is 2. The molecule has 0 rings (SSSR count). The first-order chi connectivity index (χ1) is 3.31. The Hall–Kier alpha value is 0.170. The van der Waals surface area contributed by atoms with Crippen LogP contribution in [0.3, 0.4) is 0 Å². The van der Waals surface area contributed by atoms with Crippen LogP contribution in [0.25, 0.3) is 0 Å². The van der Waals surface area contributed by atoms with Crippen molar-refractivity contribution in [1.29, 1.82) is 0 Å². The molecule has 0 aromatic heterocycles. The van der Waals surface area contributed by atoms with E-state index >= 15 is 0 Å². The minimum atomic E-state index is -0.850. The Morgan fingerprint density at radius 1 is 1.71 bits per heavy atom. The Bertz CT molecular complexity index is 41.2. The molecule has 44 valence electrons. The minimum absolute atomic E-state index is 0.0297. The van der Waals surface area contributed by atoms with Gasteiger partial charge in [0, 0.05) is 0 Å². The molecular weight excluding hydrogens is 119 g/mol. The van der Waals surface area contributed by atoms with Gasteiger partial charge in [-0.25, -0.2) is 0 Å². The van der Waals surface area contributed by atoms with Gasteiger partial charge in [0.1, 0.15) is 6.10 Å². The van der Waals surface area contributed by atoms with Crippen molar-refractivity contribution in [3.63, 3.8) is 0 Å². The normalized spacial score (nSPS) is 14.1. The van der Waals surface area contributed by atoms with Crippen LogP contribution in [0.4, 0.5) is 0 Å². The molecule has 0 aromatic carbocycles. The molecule has 0 radical (unpaired) electrons. The Kier molecular flexibility index (Phi) is 4.44. The maximum absolute atomic E-state index is 8.40. The lowest BCUT2D eigenvalue weighted by Gasteiger charge is -1.99. The molecule has 1 unspecified atom stereocenters. The van der Waals surface area contributed by atoms with E-state index in [-0.39, 0.29) is 13.2 Å². The van der Waals surface area contributed by atoms with Crippen molar-refractivity contribution in [3.05, 3.63) is 0 Å². The molecule has 0 bridgehead atoms. The van der Waals surface area contributed by atoms with E-state index in [2.05, 4.69) is 4.29 Å². The maximum atomic E-state index is 8.40. The molecule has 0 amide bonds. The van der Waals surface area contributed by atoms with Crippen molar-refractivity contribution >= 4 is 11.9 Å². The Balaban J connectivity index is 2.83. The van der Waals surface area contributed by atoms with Gasteiger partial charge in [0.05, 0.1) is 25.1 Å². The summed E-state index contributed by atoms with van der Waals surface area (Å²) in [5.74, 6) is 0. The van der Waals surface area contributed by atoms with Gasteiger partial charge in [-0.3, -0.25) is 4.29 Å². The first-order valence-electron chi connectivity index (χ1n) is 1.83. The van der Waals surface area contributed by atoms with E-state index in [1.807, 2.05) is 0 Å². The standard InChI is InChI=1S/C3H7ClO3/c4-7-2-3(6)1-5/h3,5-6H,1-2H2. The lowest BCUT2D eigenvalue weighted by atomic mass is 10.4. The molecule has 0 saturated heterocycles. The smallest absolute Gasteiger partial charge is 0.102 e. The highest BCUT2D eigenvalue weighted by Gasteiger charge is 1.98. The molecule has 0 aliphatic carbocycles. The van der Waals surface area contributed by atoms with E-state index in [0.29, 0.717) is 0 Å². The molecule has 0 aliphatic heterocycles. The summed E-state index contributed by atoms with van der Waals surface area (Å²) in [6.07, 6.45) is -0.850. The van der Waals surface area contributed by atoms with Crippen LogP contribution in [0.15, 0.2) is 0 Å². The van der Waals surface area contributed by atoms with Gasteiger partial charge in [-0.15, -0.1) is 0 Å². The highest BCUT2D eigenvalue weighted by atomic mass is 35.5. The average molecular weight is 127 g/mol. The molecule has 2 N–H and O–H groups in total. The molecular formula is C3H7ClO3. The summed E-state index contributed by atoms with van der Waals surface area (Å²) < 4.78 is 3.96. The molecule has 0 aromatic rings. The third kappa shape index (κ3) is 4.01. The molecule has 0 fully saturated rings. The summed E-state index contributed by atoms with van der Waals surface area (Å²) in [6, 6.07) is 0. The fraction of sp³-hybridized carbons (Fsp3) is 1.00. The van der Waals surface area contributed by atoms with Crippen molar-refractivity contribution in [3.8, 4) is 0 Å². The van der Waals surface area contributed by atoms with Gasteiger partial charge in [-0.05, 0) is 0 Å². The third-order valence-electron chi connectivity index (χ3n) is 0.466. The van der Waals surface area contributed by atoms with Gasteiger partial charge in [0.25, 0.3) is 0 Å². The van der Waals surface area contributed by atoms with Crippen molar-refractivity contribution in [2.45, 2.75) is 6.10 Å². The van der Waals surface area contributed by atoms with E-state index in [9.17, 15) is 0 Å². The van der Waals surface area contributed by atoms with E-state index in [4.69, 9.17) is 22.1 Å². The second-order valence-corrected chi connectivity index (χ2v) is 1.33. The van der Waals surface area contributed by atoms with E-state index in [1.165, 1.54) is 0 Å². The lowest BCUT2D eigenvalue weighted by Crippen LogP contribution is -2.16. The van der Waals surface area contributed by atoms with Crippen LogP contribution in [-0.2, 0) is 4.29 Å². The number of halogens is 1. The van der Waals surface area contributed by atoms with E-state index in [0.717, 1.165) is 0 Å². The zero-order chi connectivity index (χ0) is 5.70. The number of hydrogen-bond donors (Lipinski definition) is 2. The van der Waals surface area contributed by atoms with E-state index in [1.54, 1.807) is 0 Å². The van der Waals surface area contributed by atoms with Crippen LogP contribution < -0.4 is 0 Å². The number of hydrogen-bond acceptors (Lipinski definition) is 3. The summed E-state index contributed by atoms with van der Waals surface area (Å²) in [7, 11) is 0. The Morgan fingerprint density at radius 3 is 2.43 bits per heavy atom. The van der Waals surface area contributed by atoms with E-state index < -0.39 is 6.10 Å². The topological polar surface area (TPSA) is 49.7 Å². The minimum Gasteiger partial charge on any atom is -0.394 e. The van der Waals surface area contributed by atoms with Gasteiger partial charge in [0.15, 0.2) is 0 Å². The lowest BCUT2D eigenvalue weighted by molar-refractivity contribution is 0.0569. The van der Waals surface area contributed by atoms with Crippen LogP contribution in [0.2, 0.25) is 0 Å². The largest absolute Gasteiger partial charge is 0.394 e. The predicted octanol–water partition coefficient (Wildman–Crippen LogP) is -0.490. The molecule has 0 aliphatic rings. The van der Waals surface area contributed by atoms with Crippen LogP contribution in [0.5, 0.6) is 0 Å². The quantitative estimate of drug-likeness (QED) is 0.537. The second-order valence-electron chi connectivity index (χ2n) is 1.11. The first-order valence-corrected chi connectivity index (χ1v) is 2.14. The highest BCUT2D eigenvalue weighted by molar-refractivity contribution is 6.07. The summed E-state index contributed by atoms with van der Waals surface area (Å²) in [5, 5.41) is 16.5. The zero-order valence-electron chi connectivity index (χ0n) is 3.67. The fourth-order valence-corrected chi connectivity index (χ4v) is 0.271. The monoisotopic (exact) mass is 126 g/mol. The molecule has 1 atom stereocenters. The average Bonchev–Trinajstić information content (AvgIpc) is 1.68. The van der Waals surface area contributed by atoms with Gasteiger partial charge >= 0.3 is 0 Å². The van der Waals surface area contributed by atoms with Gasteiger partial charge in [-0.1, -0.05) is 0 Å². The van der Waals surface area contributed by atoms with Gasteiger partial charge in [-0.2, -0.15) is 0 Å². The van der Waals surface area contributed by atoms with Crippen molar-refractivity contribution < 1.29 is 14.5 Å². The second kappa shape index (κ2) is 4.33. The van der Waals surface area contributed by atoms with Crippen molar-refractivity contribution in [2.75, 3.05) is 13.2 Å². The highest BCUT2D eigenvalue weighted by Crippen LogP contribution is 1.84. The fourth-order valence-electron chi connectivity index (χ4n) is 0.125. The Labute approximate surface area is 46.6 Å². The van der Waals surface area contributed by atoms with Crippen LogP contribution >= 0.6 is 11.9 Å². The van der Waals surface area contributed by atoms with Crippen molar-refractivity contribution in [1.82, 2.24) is 0 Å². The summed E-state index contributed by atoms with van der Waals surface area (Å²) in [5.41, 5.74) is 0. The molecule has 3 nitrogen and oxygen atoms in total. The SMILES string of the molecule is OCC(O)COCl. The summed E-state index contributed by atoms with van der Waals surface area (Å²) >= 11 is 4.70. The Morgan fingerprint density at radius 2 is 2.29 bits per heavy atom. The van der Waals surface area contributed by atoms with Gasteiger partial charge < -0.3 is 10.2 Å². The van der Waals surface area contributed by atoms with Gasteiger partial charge in [0.2, 0.25) is 0 Å². The maximum Gasteiger partial charge on any atom is 0.102 e. The van der Waals surface area contributed by atoms with Crippen molar-refractivity contribution in [2.24, 2.45) is 0 Å². The predicted molar refractivity (Wildman–Crippen MR) is 24.9 cm³/mol.